The van der Waals surface area contributed by atoms with Crippen LogP contribution in [0.15, 0.2) is 72.8 Å². The number of halogens is 1. The number of ether oxygens (including phenoxy) is 3. The minimum atomic E-state index is -1.31. The fraction of sp³-hybridized carbons (Fsp3) is 0.371. The summed E-state index contributed by atoms with van der Waals surface area (Å²) in [6.07, 6.45) is -0.0506. The van der Waals surface area contributed by atoms with Crippen molar-refractivity contribution in [3.05, 3.63) is 84.2 Å². The van der Waals surface area contributed by atoms with E-state index in [1.165, 1.54) is 17.0 Å². The highest BCUT2D eigenvalue weighted by molar-refractivity contribution is 6.01. The lowest BCUT2D eigenvalue weighted by Gasteiger charge is -2.27. The van der Waals surface area contributed by atoms with Crippen LogP contribution in [0.3, 0.4) is 0 Å². The van der Waals surface area contributed by atoms with E-state index in [9.17, 15) is 23.6 Å². The fourth-order valence-electron chi connectivity index (χ4n) is 4.93. The Labute approximate surface area is 273 Å². The van der Waals surface area contributed by atoms with Gasteiger partial charge in [-0.3, -0.25) is 19.2 Å². The number of carbonyl (C=O) groups is 4. The molecule has 0 spiro atoms. The summed E-state index contributed by atoms with van der Waals surface area (Å²) in [5.74, 6) is -1.95. The number of fused-ring (bicyclic) bond motifs is 1. The van der Waals surface area contributed by atoms with E-state index in [1.54, 1.807) is 68.6 Å². The Morgan fingerprint density at radius 2 is 1.72 bits per heavy atom. The first-order valence-electron chi connectivity index (χ1n) is 15.5. The molecule has 0 saturated heterocycles. The summed E-state index contributed by atoms with van der Waals surface area (Å²) in [6, 6.07) is 16.7. The molecule has 0 saturated carbocycles. The van der Waals surface area contributed by atoms with Crippen LogP contribution in [0.25, 0.3) is 0 Å². The van der Waals surface area contributed by atoms with Gasteiger partial charge in [0.05, 0.1) is 24.6 Å². The molecule has 3 atom stereocenters. The summed E-state index contributed by atoms with van der Waals surface area (Å²) >= 11 is 0. The van der Waals surface area contributed by atoms with Crippen LogP contribution in [-0.4, -0.2) is 73.5 Å². The van der Waals surface area contributed by atoms with Gasteiger partial charge >= 0.3 is 0 Å². The average Bonchev–Trinajstić information content (AvgIpc) is 3.04. The molecule has 11 nitrogen and oxygen atoms in total. The summed E-state index contributed by atoms with van der Waals surface area (Å²) < 4.78 is 32.1. The van der Waals surface area contributed by atoms with Crippen LogP contribution >= 0.6 is 0 Å². The molecule has 4 rings (SSSR count). The zero-order valence-corrected chi connectivity index (χ0v) is 27.0. The van der Waals surface area contributed by atoms with E-state index in [0.717, 1.165) is 0 Å². The molecule has 3 N–H and O–H groups in total. The van der Waals surface area contributed by atoms with Crippen molar-refractivity contribution >= 4 is 23.6 Å². The van der Waals surface area contributed by atoms with Gasteiger partial charge in [0.25, 0.3) is 5.91 Å². The molecule has 3 aromatic rings. The number of nitrogens with zero attached hydrogens (tertiary/aromatic N) is 1. The normalized spacial score (nSPS) is 18.2. The third-order valence-electron chi connectivity index (χ3n) is 7.32. The predicted octanol–water partition coefficient (Wildman–Crippen LogP) is 4.07. The smallest absolute Gasteiger partial charge is 0.255 e. The third kappa shape index (κ3) is 9.93. The number of likely N-dealkylation sites (N-methyl/N-ethyl adjacent to an activating group) is 1. The predicted molar refractivity (Wildman–Crippen MR) is 173 cm³/mol. The van der Waals surface area contributed by atoms with Crippen LogP contribution in [0.4, 0.5) is 4.39 Å². The van der Waals surface area contributed by atoms with Gasteiger partial charge in [0.15, 0.2) is 11.6 Å². The second kappa shape index (κ2) is 16.4. The number of hydrogen-bond donors (Lipinski definition) is 3. The molecule has 12 heteroatoms. The second-order valence-electron chi connectivity index (χ2n) is 11.8. The number of rotatable bonds is 9. The summed E-state index contributed by atoms with van der Waals surface area (Å²) in [5.41, 5.74) is 0.169. The topological polar surface area (TPSA) is 135 Å². The molecular weight excluding hydrogens is 607 g/mol. The molecule has 1 aliphatic heterocycles. The lowest BCUT2D eigenvalue weighted by atomic mass is 10.0. The SMILES string of the molecule is CC(C)C[C@H]1NC(=O)C[C@@H](C(=O)N[C@H](C)COc2cccc(F)c2Oc2ccccc2)NC(=O)c2ccccc2OCCN(C)C1=O. The van der Waals surface area contributed by atoms with Crippen molar-refractivity contribution in [1.29, 1.82) is 0 Å². The maximum absolute atomic E-state index is 14.7. The van der Waals surface area contributed by atoms with Gasteiger partial charge in [-0.2, -0.15) is 0 Å². The van der Waals surface area contributed by atoms with Gasteiger partial charge in [0.2, 0.25) is 23.5 Å². The highest BCUT2D eigenvalue weighted by Gasteiger charge is 2.31. The minimum absolute atomic E-state index is 0.0822. The number of amides is 4. The Balaban J connectivity index is 1.50. The number of carbonyl (C=O) groups excluding carboxylic acids is 4. The first-order chi connectivity index (χ1) is 22.5. The number of benzene rings is 3. The monoisotopic (exact) mass is 648 g/mol. The molecule has 0 aliphatic carbocycles. The van der Waals surface area contributed by atoms with Crippen LogP contribution in [0.5, 0.6) is 23.0 Å². The molecule has 0 fully saturated rings. The molecular formula is C35H41FN4O7. The van der Waals surface area contributed by atoms with E-state index in [4.69, 9.17) is 14.2 Å². The minimum Gasteiger partial charge on any atom is -0.491 e. The number of para-hydroxylation sites is 3. The van der Waals surface area contributed by atoms with E-state index in [2.05, 4.69) is 16.0 Å². The molecule has 4 amide bonds. The van der Waals surface area contributed by atoms with Crippen LogP contribution in [0.1, 0.15) is 44.0 Å². The molecule has 1 heterocycles. The van der Waals surface area contributed by atoms with Crippen molar-refractivity contribution in [1.82, 2.24) is 20.9 Å². The summed E-state index contributed by atoms with van der Waals surface area (Å²) in [5, 5.41) is 8.18. The Hall–Kier alpha value is -5.13. The van der Waals surface area contributed by atoms with Crippen LogP contribution in [0.2, 0.25) is 0 Å². The molecule has 0 bridgehead atoms. The molecule has 47 heavy (non-hydrogen) atoms. The Kier molecular flexibility index (Phi) is 12.1. The molecule has 3 aromatic carbocycles. The number of nitrogens with one attached hydrogen (secondary N) is 3. The van der Waals surface area contributed by atoms with Gasteiger partial charge in [-0.1, -0.05) is 50.2 Å². The Bertz CT molecular complexity index is 1550. The van der Waals surface area contributed by atoms with Crippen molar-refractivity contribution in [3.8, 4) is 23.0 Å². The van der Waals surface area contributed by atoms with Gasteiger partial charge in [-0.05, 0) is 55.7 Å². The van der Waals surface area contributed by atoms with Crippen LogP contribution in [0, 0.1) is 11.7 Å². The van der Waals surface area contributed by atoms with Gasteiger partial charge in [0, 0.05) is 7.05 Å². The van der Waals surface area contributed by atoms with Crippen LogP contribution in [-0.2, 0) is 14.4 Å². The lowest BCUT2D eigenvalue weighted by molar-refractivity contribution is -0.136. The lowest BCUT2D eigenvalue weighted by Crippen LogP contribution is -2.54. The first-order valence-corrected chi connectivity index (χ1v) is 15.5. The Morgan fingerprint density at radius 1 is 1.00 bits per heavy atom. The van der Waals surface area contributed by atoms with Gasteiger partial charge in [0.1, 0.15) is 36.8 Å². The van der Waals surface area contributed by atoms with Crippen molar-refractivity contribution in [2.75, 3.05) is 26.8 Å². The standard InChI is InChI=1S/C35H41FN4O7/c1-22(2)19-28-35(44)40(4)17-18-45-29-15-9-8-13-25(29)33(42)39-27(20-31(41)38-28)34(43)37-23(3)21-46-30-16-10-14-26(36)32(30)47-24-11-6-5-7-12-24/h5-16,22-23,27-28H,17-21H2,1-4H3,(H,37,43)(H,38,41)(H,39,42)/t23-,27+,28-/m1/s1. The van der Waals surface area contributed by atoms with E-state index in [0.29, 0.717) is 12.2 Å². The second-order valence-corrected chi connectivity index (χ2v) is 11.8. The van der Waals surface area contributed by atoms with Crippen molar-refractivity contribution in [2.45, 2.75) is 51.7 Å². The molecule has 0 radical (unpaired) electrons. The third-order valence-corrected chi connectivity index (χ3v) is 7.32. The van der Waals surface area contributed by atoms with E-state index in [1.807, 2.05) is 19.9 Å². The van der Waals surface area contributed by atoms with Gasteiger partial charge in [-0.25, -0.2) is 4.39 Å². The van der Waals surface area contributed by atoms with E-state index in [-0.39, 0.29) is 54.4 Å². The average molecular weight is 649 g/mol. The highest BCUT2D eigenvalue weighted by Crippen LogP contribution is 2.34. The van der Waals surface area contributed by atoms with Gasteiger partial charge < -0.3 is 35.1 Å². The quantitative estimate of drug-likeness (QED) is 0.318. The summed E-state index contributed by atoms with van der Waals surface area (Å²) in [7, 11) is 1.62. The largest absolute Gasteiger partial charge is 0.491 e. The summed E-state index contributed by atoms with van der Waals surface area (Å²) in [6.45, 7) is 5.80. The zero-order valence-electron chi connectivity index (χ0n) is 27.0. The molecule has 0 aromatic heterocycles. The van der Waals surface area contributed by atoms with E-state index < -0.39 is 48.1 Å². The number of hydrogen-bond acceptors (Lipinski definition) is 7. The molecule has 250 valence electrons. The molecule has 1 aliphatic rings. The zero-order chi connectivity index (χ0) is 33.9. The van der Waals surface area contributed by atoms with Crippen molar-refractivity contribution < 1.29 is 37.8 Å². The van der Waals surface area contributed by atoms with Gasteiger partial charge in [-0.15, -0.1) is 0 Å². The maximum atomic E-state index is 14.7. The first kappa shape index (κ1) is 34.7. The Morgan fingerprint density at radius 3 is 2.47 bits per heavy atom. The van der Waals surface area contributed by atoms with Crippen molar-refractivity contribution in [2.24, 2.45) is 5.92 Å². The summed E-state index contributed by atoms with van der Waals surface area (Å²) in [4.78, 5) is 54.9. The molecule has 0 unspecified atom stereocenters. The van der Waals surface area contributed by atoms with E-state index >= 15 is 0 Å². The van der Waals surface area contributed by atoms with Crippen molar-refractivity contribution in [3.63, 3.8) is 0 Å². The fourth-order valence-corrected chi connectivity index (χ4v) is 4.93. The maximum Gasteiger partial charge on any atom is 0.255 e. The van der Waals surface area contributed by atoms with Crippen LogP contribution < -0.4 is 30.2 Å². The highest BCUT2D eigenvalue weighted by atomic mass is 19.1.